The molecule has 2 unspecified atom stereocenters. The van der Waals surface area contributed by atoms with Crippen molar-refractivity contribution in [1.29, 1.82) is 0 Å². The van der Waals surface area contributed by atoms with Gasteiger partial charge >= 0.3 is 5.97 Å². The van der Waals surface area contributed by atoms with Crippen LogP contribution in [-0.4, -0.2) is 38.6 Å². The molecule has 0 aliphatic heterocycles. The molecule has 0 bridgehead atoms. The highest BCUT2D eigenvalue weighted by Crippen LogP contribution is 2.20. The second-order valence-corrected chi connectivity index (χ2v) is 5.23. The SMILES string of the molecule is COC(=O)C(CN(C)C)C(C)CCC=C(C)C. The fourth-order valence-electron chi connectivity index (χ4n) is 1.87. The summed E-state index contributed by atoms with van der Waals surface area (Å²) in [7, 11) is 5.44. The van der Waals surface area contributed by atoms with Crippen LogP contribution in [-0.2, 0) is 9.53 Å². The summed E-state index contributed by atoms with van der Waals surface area (Å²) in [5.74, 6) is 0.226. The van der Waals surface area contributed by atoms with Gasteiger partial charge in [0.25, 0.3) is 0 Å². The van der Waals surface area contributed by atoms with Crippen LogP contribution < -0.4 is 0 Å². The van der Waals surface area contributed by atoms with Gasteiger partial charge in [-0.2, -0.15) is 0 Å². The Morgan fingerprint density at radius 2 is 1.94 bits per heavy atom. The molecule has 0 saturated carbocycles. The maximum Gasteiger partial charge on any atom is 0.310 e. The van der Waals surface area contributed by atoms with Crippen molar-refractivity contribution in [3.8, 4) is 0 Å². The lowest BCUT2D eigenvalue weighted by Crippen LogP contribution is -2.33. The van der Waals surface area contributed by atoms with Gasteiger partial charge in [-0.15, -0.1) is 0 Å². The fourth-order valence-corrected chi connectivity index (χ4v) is 1.87. The minimum Gasteiger partial charge on any atom is -0.469 e. The maximum absolute atomic E-state index is 11.7. The van der Waals surface area contributed by atoms with Crippen molar-refractivity contribution in [3.05, 3.63) is 11.6 Å². The molecule has 0 rings (SSSR count). The summed E-state index contributed by atoms with van der Waals surface area (Å²) in [6, 6.07) is 0. The predicted molar refractivity (Wildman–Crippen MR) is 71.9 cm³/mol. The van der Waals surface area contributed by atoms with E-state index in [1.807, 2.05) is 19.0 Å². The van der Waals surface area contributed by atoms with Gasteiger partial charge in [-0.25, -0.2) is 0 Å². The van der Waals surface area contributed by atoms with E-state index in [9.17, 15) is 4.79 Å². The Labute approximate surface area is 106 Å². The summed E-state index contributed by atoms with van der Waals surface area (Å²) >= 11 is 0. The van der Waals surface area contributed by atoms with Crippen molar-refractivity contribution in [3.63, 3.8) is 0 Å². The van der Waals surface area contributed by atoms with Gasteiger partial charge in [0.15, 0.2) is 0 Å². The van der Waals surface area contributed by atoms with Gasteiger partial charge in [0.05, 0.1) is 13.0 Å². The molecule has 0 aliphatic carbocycles. The second-order valence-electron chi connectivity index (χ2n) is 5.23. The highest BCUT2D eigenvalue weighted by Gasteiger charge is 2.25. The lowest BCUT2D eigenvalue weighted by molar-refractivity contribution is -0.147. The first kappa shape index (κ1) is 16.2. The molecule has 17 heavy (non-hydrogen) atoms. The van der Waals surface area contributed by atoms with Crippen LogP contribution in [0.5, 0.6) is 0 Å². The zero-order valence-electron chi connectivity index (χ0n) is 12.1. The average Bonchev–Trinajstić information content (AvgIpc) is 2.23. The van der Waals surface area contributed by atoms with Gasteiger partial charge < -0.3 is 9.64 Å². The molecule has 100 valence electrons. The number of ether oxygens (including phenoxy) is 1. The lowest BCUT2D eigenvalue weighted by Gasteiger charge is -2.24. The van der Waals surface area contributed by atoms with Gasteiger partial charge in [-0.05, 0) is 46.7 Å². The Morgan fingerprint density at radius 3 is 2.35 bits per heavy atom. The largest absolute Gasteiger partial charge is 0.469 e. The van der Waals surface area contributed by atoms with E-state index in [0.29, 0.717) is 5.92 Å². The molecule has 0 aromatic rings. The van der Waals surface area contributed by atoms with Gasteiger partial charge in [0, 0.05) is 6.54 Å². The monoisotopic (exact) mass is 241 g/mol. The third-order valence-corrected chi connectivity index (χ3v) is 2.93. The number of nitrogens with zero attached hydrogens (tertiary/aromatic N) is 1. The van der Waals surface area contributed by atoms with Crippen molar-refractivity contribution in [2.24, 2.45) is 11.8 Å². The maximum atomic E-state index is 11.7. The fraction of sp³-hybridized carbons (Fsp3) is 0.786. The summed E-state index contributed by atoms with van der Waals surface area (Å²) in [5, 5.41) is 0. The van der Waals surface area contributed by atoms with E-state index in [2.05, 4.69) is 26.8 Å². The molecule has 0 aromatic heterocycles. The molecule has 0 aliphatic rings. The number of carbonyl (C=O) groups is 1. The first-order valence-corrected chi connectivity index (χ1v) is 6.24. The van der Waals surface area contributed by atoms with Crippen LogP contribution in [0.15, 0.2) is 11.6 Å². The number of esters is 1. The minimum absolute atomic E-state index is 0.0273. The summed E-state index contributed by atoms with van der Waals surface area (Å²) in [6.07, 6.45) is 4.28. The van der Waals surface area contributed by atoms with Gasteiger partial charge in [-0.1, -0.05) is 18.6 Å². The lowest BCUT2D eigenvalue weighted by atomic mass is 9.89. The number of rotatable bonds is 7. The molecule has 3 nitrogen and oxygen atoms in total. The number of hydrogen-bond donors (Lipinski definition) is 0. The van der Waals surface area contributed by atoms with E-state index in [4.69, 9.17) is 4.74 Å². The van der Waals surface area contributed by atoms with E-state index in [0.717, 1.165) is 19.4 Å². The third kappa shape index (κ3) is 7.16. The van der Waals surface area contributed by atoms with Gasteiger partial charge in [0.2, 0.25) is 0 Å². The molecular weight excluding hydrogens is 214 g/mol. The molecule has 0 heterocycles. The highest BCUT2D eigenvalue weighted by atomic mass is 16.5. The standard InChI is InChI=1S/C14H27NO2/c1-11(2)8-7-9-12(3)13(10-15(4)5)14(16)17-6/h8,12-13H,7,9-10H2,1-6H3. The van der Waals surface area contributed by atoms with Crippen molar-refractivity contribution in [2.45, 2.75) is 33.6 Å². The summed E-state index contributed by atoms with van der Waals surface area (Å²) in [6.45, 7) is 7.08. The first-order chi connectivity index (χ1) is 7.88. The average molecular weight is 241 g/mol. The smallest absolute Gasteiger partial charge is 0.310 e. The first-order valence-electron chi connectivity index (χ1n) is 6.24. The van der Waals surface area contributed by atoms with Crippen LogP contribution in [0.1, 0.15) is 33.6 Å². The second kappa shape index (κ2) is 8.29. The number of carbonyl (C=O) groups excluding carboxylic acids is 1. The van der Waals surface area contributed by atoms with Crippen LogP contribution in [0.25, 0.3) is 0 Å². The molecular formula is C14H27NO2. The van der Waals surface area contributed by atoms with Crippen LogP contribution in [0.3, 0.4) is 0 Å². The molecule has 2 atom stereocenters. The molecule has 0 amide bonds. The molecule has 0 N–H and O–H groups in total. The van der Waals surface area contributed by atoms with E-state index < -0.39 is 0 Å². The quantitative estimate of drug-likeness (QED) is 0.507. The van der Waals surface area contributed by atoms with Gasteiger partial charge in [0.1, 0.15) is 0 Å². The number of methoxy groups -OCH3 is 1. The van der Waals surface area contributed by atoms with Crippen LogP contribution in [0.2, 0.25) is 0 Å². The summed E-state index contributed by atoms with van der Waals surface area (Å²) in [4.78, 5) is 13.8. The molecule has 3 heteroatoms. The van der Waals surface area contributed by atoms with Crippen molar-refractivity contribution >= 4 is 5.97 Å². The zero-order chi connectivity index (χ0) is 13.4. The predicted octanol–water partition coefficient (Wildman–Crippen LogP) is 2.72. The van der Waals surface area contributed by atoms with E-state index in [1.54, 1.807) is 0 Å². The molecule has 0 fully saturated rings. The topological polar surface area (TPSA) is 29.5 Å². The molecule has 0 saturated heterocycles. The van der Waals surface area contributed by atoms with Crippen LogP contribution >= 0.6 is 0 Å². The van der Waals surface area contributed by atoms with Crippen molar-refractivity contribution in [2.75, 3.05) is 27.7 Å². The Morgan fingerprint density at radius 1 is 1.35 bits per heavy atom. The minimum atomic E-state index is -0.0941. The van der Waals surface area contributed by atoms with E-state index >= 15 is 0 Å². The normalized spacial score (nSPS) is 14.3. The van der Waals surface area contributed by atoms with Crippen LogP contribution in [0.4, 0.5) is 0 Å². The van der Waals surface area contributed by atoms with Crippen molar-refractivity contribution < 1.29 is 9.53 Å². The van der Waals surface area contributed by atoms with E-state index in [-0.39, 0.29) is 11.9 Å². The third-order valence-electron chi connectivity index (χ3n) is 2.93. The Bertz CT molecular complexity index is 255. The van der Waals surface area contributed by atoms with Crippen LogP contribution in [0, 0.1) is 11.8 Å². The van der Waals surface area contributed by atoms with Gasteiger partial charge in [-0.3, -0.25) is 4.79 Å². The Balaban J connectivity index is 4.36. The van der Waals surface area contributed by atoms with Crippen molar-refractivity contribution in [1.82, 2.24) is 4.90 Å². The number of hydrogen-bond acceptors (Lipinski definition) is 3. The number of allylic oxidation sites excluding steroid dienone is 2. The summed E-state index contributed by atoms with van der Waals surface area (Å²) in [5.41, 5.74) is 1.33. The van der Waals surface area contributed by atoms with E-state index in [1.165, 1.54) is 12.7 Å². The molecule has 0 radical (unpaired) electrons. The zero-order valence-corrected chi connectivity index (χ0v) is 12.1. The Kier molecular flexibility index (Phi) is 7.88. The summed E-state index contributed by atoms with van der Waals surface area (Å²) < 4.78 is 4.88. The molecule has 0 spiro atoms. The molecule has 0 aromatic carbocycles. The highest BCUT2D eigenvalue weighted by molar-refractivity contribution is 5.72. The Hall–Kier alpha value is -0.830.